The van der Waals surface area contributed by atoms with Crippen LogP contribution in [-0.4, -0.2) is 45.1 Å². The summed E-state index contributed by atoms with van der Waals surface area (Å²) < 4.78 is 1.77. The predicted molar refractivity (Wildman–Crippen MR) is 129 cm³/mol. The van der Waals surface area contributed by atoms with Gasteiger partial charge in [-0.3, -0.25) is 14.4 Å². The topological polar surface area (TPSA) is 132 Å². The Balaban J connectivity index is 1.68. The van der Waals surface area contributed by atoms with Crippen LogP contribution in [0, 0.1) is 11.8 Å². The summed E-state index contributed by atoms with van der Waals surface area (Å²) in [6.07, 6.45) is 2.52. The van der Waals surface area contributed by atoms with Crippen LogP contribution in [0.25, 0.3) is 22.3 Å². The molecule has 3 amide bonds. The van der Waals surface area contributed by atoms with Crippen LogP contribution in [0.15, 0.2) is 36.5 Å². The first kappa shape index (κ1) is 23.4. The van der Waals surface area contributed by atoms with Gasteiger partial charge >= 0.3 is 0 Å². The van der Waals surface area contributed by atoms with E-state index in [0.29, 0.717) is 27.9 Å². The summed E-state index contributed by atoms with van der Waals surface area (Å²) in [6.45, 7) is 8.26. The van der Waals surface area contributed by atoms with Gasteiger partial charge in [0, 0.05) is 29.8 Å². The number of carbonyl (C=O) groups excluding carboxylic acids is 3. The van der Waals surface area contributed by atoms with Crippen LogP contribution in [0.3, 0.4) is 0 Å². The maximum atomic E-state index is 13.3. The van der Waals surface area contributed by atoms with E-state index >= 15 is 0 Å². The first-order valence-corrected chi connectivity index (χ1v) is 11.5. The van der Waals surface area contributed by atoms with E-state index in [1.54, 1.807) is 41.2 Å². The molecule has 3 heterocycles. The molecule has 2 aromatic heterocycles. The Hall–Kier alpha value is -3.75. The third-order valence-electron chi connectivity index (χ3n) is 6.39. The van der Waals surface area contributed by atoms with Gasteiger partial charge in [0.1, 0.15) is 0 Å². The molecule has 0 aliphatic carbocycles. The highest BCUT2D eigenvalue weighted by molar-refractivity contribution is 6.06. The molecule has 34 heavy (non-hydrogen) atoms. The molecule has 1 aliphatic heterocycles. The molecule has 0 saturated carbocycles. The molecule has 0 spiro atoms. The minimum atomic E-state index is -0.511. The van der Waals surface area contributed by atoms with Crippen LogP contribution in [0.1, 0.15) is 60.9 Å². The number of aromatic nitrogens is 3. The number of carbonyl (C=O) groups is 3. The van der Waals surface area contributed by atoms with Gasteiger partial charge in [-0.2, -0.15) is 5.10 Å². The molecular formula is C25H30N6O3. The van der Waals surface area contributed by atoms with Crippen LogP contribution in [0.5, 0.6) is 0 Å². The second-order valence-corrected chi connectivity index (χ2v) is 9.36. The highest BCUT2D eigenvalue weighted by Crippen LogP contribution is 2.27. The van der Waals surface area contributed by atoms with Gasteiger partial charge in [0.05, 0.1) is 28.8 Å². The lowest BCUT2D eigenvalue weighted by molar-refractivity contribution is -0.129. The van der Waals surface area contributed by atoms with Crippen molar-refractivity contribution in [3.8, 4) is 11.3 Å². The van der Waals surface area contributed by atoms with Crippen molar-refractivity contribution in [1.29, 1.82) is 0 Å². The smallest absolute Gasteiger partial charge is 0.252 e. The molecule has 1 fully saturated rings. The second-order valence-electron chi connectivity index (χ2n) is 9.36. The maximum Gasteiger partial charge on any atom is 0.252 e. The summed E-state index contributed by atoms with van der Waals surface area (Å²) in [5.41, 5.74) is 8.09. The predicted octanol–water partition coefficient (Wildman–Crippen LogP) is 2.67. The Kier molecular flexibility index (Phi) is 6.37. The second kappa shape index (κ2) is 9.24. The standard InChI is InChI=1S/C25H30N6O3/c1-13(2)31-23-20(12-28-31)18(10-21(30-23)16-5-7-17(8-6-16)22(26)32)24(33)27-11-19-14(3)9-15(4)29-25(19)34/h5-8,10,12-15,19H,9,11H2,1-4H3,(H2,26,32)(H,27,33)(H,29,34). The van der Waals surface area contributed by atoms with Gasteiger partial charge in [0.25, 0.3) is 5.91 Å². The Morgan fingerprint density at radius 1 is 1.24 bits per heavy atom. The van der Waals surface area contributed by atoms with Crippen LogP contribution in [0.2, 0.25) is 0 Å². The number of benzene rings is 1. The van der Waals surface area contributed by atoms with Crippen molar-refractivity contribution >= 4 is 28.8 Å². The van der Waals surface area contributed by atoms with E-state index < -0.39 is 5.91 Å². The number of pyridine rings is 1. The Labute approximate surface area is 198 Å². The largest absolute Gasteiger partial charge is 0.366 e. The zero-order valence-electron chi connectivity index (χ0n) is 19.8. The lowest BCUT2D eigenvalue weighted by Gasteiger charge is -2.32. The summed E-state index contributed by atoms with van der Waals surface area (Å²) >= 11 is 0. The summed E-state index contributed by atoms with van der Waals surface area (Å²) in [4.78, 5) is 42.0. The van der Waals surface area contributed by atoms with E-state index in [-0.39, 0.29) is 42.3 Å². The Morgan fingerprint density at radius 2 is 1.94 bits per heavy atom. The van der Waals surface area contributed by atoms with Gasteiger partial charge in [0.15, 0.2) is 5.65 Å². The zero-order chi connectivity index (χ0) is 24.6. The van der Waals surface area contributed by atoms with Crippen molar-refractivity contribution in [1.82, 2.24) is 25.4 Å². The molecule has 3 aromatic rings. The van der Waals surface area contributed by atoms with E-state index in [0.717, 1.165) is 12.0 Å². The van der Waals surface area contributed by atoms with Gasteiger partial charge in [0.2, 0.25) is 11.8 Å². The molecule has 0 bridgehead atoms. The van der Waals surface area contributed by atoms with Crippen molar-refractivity contribution in [3.05, 3.63) is 47.7 Å². The number of rotatable bonds is 6. The zero-order valence-corrected chi connectivity index (χ0v) is 19.8. The molecule has 1 aliphatic rings. The molecule has 1 aromatic carbocycles. The normalized spacial score (nSPS) is 20.4. The number of nitrogens with one attached hydrogen (secondary N) is 2. The minimum absolute atomic E-state index is 0.0331. The fourth-order valence-corrected chi connectivity index (χ4v) is 4.52. The Morgan fingerprint density at radius 3 is 2.56 bits per heavy atom. The van der Waals surface area contributed by atoms with Crippen molar-refractivity contribution in [2.24, 2.45) is 17.6 Å². The first-order valence-electron chi connectivity index (χ1n) is 11.5. The summed E-state index contributed by atoms with van der Waals surface area (Å²) in [5.74, 6) is -0.942. The number of hydrogen-bond acceptors (Lipinski definition) is 5. The number of amides is 3. The lowest BCUT2D eigenvalue weighted by atomic mass is 9.84. The quantitative estimate of drug-likeness (QED) is 0.518. The summed E-state index contributed by atoms with van der Waals surface area (Å²) in [6, 6.07) is 8.67. The highest BCUT2D eigenvalue weighted by atomic mass is 16.2. The van der Waals surface area contributed by atoms with E-state index in [1.165, 1.54) is 0 Å². The number of fused-ring (bicyclic) bond motifs is 1. The molecule has 4 rings (SSSR count). The minimum Gasteiger partial charge on any atom is -0.366 e. The van der Waals surface area contributed by atoms with Crippen molar-refractivity contribution in [2.75, 3.05) is 6.54 Å². The van der Waals surface area contributed by atoms with Gasteiger partial charge in [-0.25, -0.2) is 9.67 Å². The number of hydrogen-bond donors (Lipinski definition) is 3. The van der Waals surface area contributed by atoms with Crippen LogP contribution in [-0.2, 0) is 4.79 Å². The van der Waals surface area contributed by atoms with Crippen LogP contribution in [0.4, 0.5) is 0 Å². The highest BCUT2D eigenvalue weighted by Gasteiger charge is 2.32. The fourth-order valence-electron chi connectivity index (χ4n) is 4.52. The van der Waals surface area contributed by atoms with Crippen molar-refractivity contribution in [3.63, 3.8) is 0 Å². The van der Waals surface area contributed by atoms with Gasteiger partial charge in [-0.05, 0) is 51.3 Å². The molecule has 3 atom stereocenters. The maximum absolute atomic E-state index is 13.3. The SMILES string of the molecule is CC1CC(C)C(CNC(=O)c2cc(-c3ccc(C(N)=O)cc3)nc3c2cnn3C(C)C)C(=O)N1. The molecule has 4 N–H and O–H groups in total. The summed E-state index contributed by atoms with van der Waals surface area (Å²) in [7, 11) is 0. The van der Waals surface area contributed by atoms with E-state index in [4.69, 9.17) is 10.7 Å². The monoisotopic (exact) mass is 462 g/mol. The summed E-state index contributed by atoms with van der Waals surface area (Å²) in [5, 5.41) is 11.0. The van der Waals surface area contributed by atoms with E-state index in [2.05, 4.69) is 15.7 Å². The molecule has 1 saturated heterocycles. The lowest BCUT2D eigenvalue weighted by Crippen LogP contribution is -2.50. The van der Waals surface area contributed by atoms with Gasteiger partial charge < -0.3 is 16.4 Å². The van der Waals surface area contributed by atoms with Gasteiger partial charge in [-0.1, -0.05) is 19.1 Å². The van der Waals surface area contributed by atoms with E-state index in [1.807, 2.05) is 27.7 Å². The van der Waals surface area contributed by atoms with Crippen molar-refractivity contribution < 1.29 is 14.4 Å². The third-order valence-corrected chi connectivity index (χ3v) is 6.39. The number of piperidine rings is 1. The number of nitrogens with zero attached hydrogens (tertiary/aromatic N) is 3. The Bertz CT molecular complexity index is 1250. The van der Waals surface area contributed by atoms with Crippen LogP contribution >= 0.6 is 0 Å². The molecule has 3 unspecified atom stereocenters. The average Bonchev–Trinajstić information content (AvgIpc) is 3.22. The van der Waals surface area contributed by atoms with Crippen LogP contribution < -0.4 is 16.4 Å². The van der Waals surface area contributed by atoms with E-state index in [9.17, 15) is 14.4 Å². The molecular weight excluding hydrogens is 432 g/mol. The number of nitrogens with two attached hydrogens (primary N) is 1. The third kappa shape index (κ3) is 4.50. The molecule has 178 valence electrons. The number of primary amides is 1. The van der Waals surface area contributed by atoms with Crippen molar-refractivity contribution in [2.45, 2.75) is 46.2 Å². The first-order chi connectivity index (χ1) is 16.2. The molecule has 9 heteroatoms. The average molecular weight is 463 g/mol. The molecule has 9 nitrogen and oxygen atoms in total. The molecule has 0 radical (unpaired) electrons. The van der Waals surface area contributed by atoms with Gasteiger partial charge in [-0.15, -0.1) is 0 Å². The fraction of sp³-hybridized carbons (Fsp3) is 0.400.